The summed E-state index contributed by atoms with van der Waals surface area (Å²) in [6, 6.07) is -5.90. The van der Waals surface area contributed by atoms with Gasteiger partial charge in [-0.1, -0.05) is 0 Å². The molecule has 0 bridgehead atoms. The Morgan fingerprint density at radius 3 is 0.897 bits per heavy atom. The van der Waals surface area contributed by atoms with Crippen molar-refractivity contribution in [2.45, 2.75) is 24.1 Å². The van der Waals surface area contributed by atoms with E-state index >= 15 is 0 Å². The quantitative estimate of drug-likeness (QED) is 0.152. The Bertz CT molecular complexity index is 1090. The largest absolute Gasteiger partial charge is 0.460 e. The molecular formula is C18H5F20N. The monoisotopic (exact) mass is 615 g/mol. The van der Waals surface area contributed by atoms with Crippen molar-refractivity contribution in [3.8, 4) is 11.1 Å². The molecule has 2 aromatic carbocycles. The fourth-order valence-corrected chi connectivity index (χ4v) is 2.34. The van der Waals surface area contributed by atoms with Gasteiger partial charge in [-0.05, 0) is 0 Å². The SMILES string of the molecule is FCCNC(F)(F)C(F)(F)C(F)(F)C(F)(F)F.Fc1c(F)c(F)c(-c2c(F)c(F)c(F)c(F)c2F)c(F)c1F. The predicted octanol–water partition coefficient (Wildman–Crippen LogP) is 7.72. The molecule has 0 atom stereocenters. The van der Waals surface area contributed by atoms with Crippen LogP contribution in [0.15, 0.2) is 0 Å². The molecule has 1 nitrogen and oxygen atoms in total. The fraction of sp³-hybridized carbons (Fsp3) is 0.333. The van der Waals surface area contributed by atoms with Gasteiger partial charge in [-0.15, -0.1) is 0 Å². The van der Waals surface area contributed by atoms with Crippen LogP contribution in [0.3, 0.4) is 0 Å². The number of benzene rings is 2. The van der Waals surface area contributed by atoms with Gasteiger partial charge in [0.2, 0.25) is 11.6 Å². The van der Waals surface area contributed by atoms with Gasteiger partial charge in [-0.3, -0.25) is 5.32 Å². The minimum Gasteiger partial charge on any atom is -0.250 e. The van der Waals surface area contributed by atoms with Gasteiger partial charge in [0.15, 0.2) is 46.5 Å². The molecule has 2 rings (SSSR count). The highest BCUT2D eigenvalue weighted by Gasteiger charge is 2.81. The summed E-state index contributed by atoms with van der Waals surface area (Å²) in [6.45, 7) is -3.15. The van der Waals surface area contributed by atoms with Crippen LogP contribution in [-0.2, 0) is 0 Å². The van der Waals surface area contributed by atoms with E-state index in [0.717, 1.165) is 0 Å². The normalized spacial score (nSPS) is 12.9. The first-order chi connectivity index (χ1) is 17.4. The highest BCUT2D eigenvalue weighted by molar-refractivity contribution is 5.67. The third-order valence-electron chi connectivity index (χ3n) is 4.26. The van der Waals surface area contributed by atoms with Crippen LogP contribution in [0.5, 0.6) is 0 Å². The van der Waals surface area contributed by atoms with E-state index in [-0.39, 0.29) is 5.32 Å². The lowest BCUT2D eigenvalue weighted by Crippen LogP contribution is -2.65. The van der Waals surface area contributed by atoms with Crippen LogP contribution in [0.1, 0.15) is 0 Å². The smallest absolute Gasteiger partial charge is 0.250 e. The standard InChI is InChI=1S/C12F10.C6H5F10N/c13-3-1(4(14)8(18)11(21)7(3)17)2-5(15)9(19)12(22)10(20)6(2)16;7-1-2-17-6(15,16)4(10,11)3(8,9)5(12,13)14/h;17H,1-2H2. The van der Waals surface area contributed by atoms with E-state index < -0.39 is 107 Å². The van der Waals surface area contributed by atoms with Crippen LogP contribution in [0.2, 0.25) is 0 Å². The molecule has 21 heteroatoms. The number of hydrogen-bond acceptors (Lipinski definition) is 1. The molecule has 0 radical (unpaired) electrons. The topological polar surface area (TPSA) is 12.0 Å². The Balaban J connectivity index is 0.000000406. The first kappa shape index (κ1) is 34.0. The van der Waals surface area contributed by atoms with Gasteiger partial charge >= 0.3 is 24.1 Å². The van der Waals surface area contributed by atoms with Crippen molar-refractivity contribution in [2.75, 3.05) is 13.2 Å². The zero-order chi connectivity index (χ0) is 31.0. The van der Waals surface area contributed by atoms with E-state index in [4.69, 9.17) is 0 Å². The minimum absolute atomic E-state index is 0.289. The van der Waals surface area contributed by atoms with E-state index in [1.807, 2.05) is 0 Å². The zero-order valence-electron chi connectivity index (χ0n) is 17.5. The number of halogens is 20. The van der Waals surface area contributed by atoms with Gasteiger partial charge in [-0.25, -0.2) is 48.3 Å². The molecule has 0 fully saturated rings. The second kappa shape index (κ2) is 11.2. The van der Waals surface area contributed by atoms with E-state index in [0.29, 0.717) is 0 Å². The summed E-state index contributed by atoms with van der Waals surface area (Å²) in [4.78, 5) is 0. The summed E-state index contributed by atoms with van der Waals surface area (Å²) in [5, 5.41) is 0.289. The maximum absolute atomic E-state index is 13.4. The molecule has 0 heterocycles. The average molecular weight is 615 g/mol. The summed E-state index contributed by atoms with van der Waals surface area (Å²) in [7, 11) is 0. The number of alkyl halides is 10. The Kier molecular flexibility index (Phi) is 9.81. The van der Waals surface area contributed by atoms with Crippen LogP contribution in [-0.4, -0.2) is 37.3 Å². The average Bonchev–Trinajstić information content (AvgIpc) is 2.84. The van der Waals surface area contributed by atoms with Gasteiger partial charge < -0.3 is 0 Å². The van der Waals surface area contributed by atoms with Crippen molar-refractivity contribution in [2.24, 2.45) is 0 Å². The van der Waals surface area contributed by atoms with Gasteiger partial charge in [0.05, 0.1) is 11.1 Å². The predicted molar refractivity (Wildman–Crippen MR) is 86.3 cm³/mol. The van der Waals surface area contributed by atoms with Crippen molar-refractivity contribution >= 4 is 0 Å². The maximum atomic E-state index is 13.4. The number of nitrogens with one attached hydrogen (secondary N) is 1. The minimum atomic E-state index is -6.95. The molecule has 0 spiro atoms. The van der Waals surface area contributed by atoms with Crippen molar-refractivity contribution in [3.63, 3.8) is 0 Å². The molecule has 222 valence electrons. The third-order valence-corrected chi connectivity index (χ3v) is 4.26. The molecule has 0 aliphatic rings. The molecule has 0 unspecified atom stereocenters. The second-order valence-corrected chi connectivity index (χ2v) is 6.73. The van der Waals surface area contributed by atoms with Gasteiger partial charge in [0, 0.05) is 6.54 Å². The third kappa shape index (κ3) is 5.81. The Morgan fingerprint density at radius 2 is 0.667 bits per heavy atom. The summed E-state index contributed by atoms with van der Waals surface area (Å²) in [6.07, 6.45) is -6.86. The molecule has 0 aliphatic heterocycles. The van der Waals surface area contributed by atoms with Gasteiger partial charge in [-0.2, -0.15) is 39.5 Å². The fourth-order valence-electron chi connectivity index (χ4n) is 2.34. The summed E-state index contributed by atoms with van der Waals surface area (Å²) in [5.74, 6) is -40.3. The van der Waals surface area contributed by atoms with E-state index in [1.165, 1.54) is 0 Å². The molecule has 0 aromatic heterocycles. The second-order valence-electron chi connectivity index (χ2n) is 6.73. The Labute approximate surface area is 201 Å². The van der Waals surface area contributed by atoms with Crippen LogP contribution in [0.25, 0.3) is 11.1 Å². The van der Waals surface area contributed by atoms with Crippen LogP contribution < -0.4 is 5.32 Å². The van der Waals surface area contributed by atoms with Gasteiger partial charge in [0.25, 0.3) is 0 Å². The number of hydrogen-bond donors (Lipinski definition) is 1. The Hall–Kier alpha value is -3.00. The molecule has 0 amide bonds. The first-order valence-electron chi connectivity index (χ1n) is 8.96. The molecule has 39 heavy (non-hydrogen) atoms. The molecule has 0 saturated heterocycles. The highest BCUT2D eigenvalue weighted by Crippen LogP contribution is 2.52. The summed E-state index contributed by atoms with van der Waals surface area (Å²) < 4.78 is 251. The van der Waals surface area contributed by atoms with Crippen LogP contribution >= 0.6 is 0 Å². The lowest BCUT2D eigenvalue weighted by molar-refractivity contribution is -0.400. The highest BCUT2D eigenvalue weighted by atomic mass is 19.4. The van der Waals surface area contributed by atoms with Crippen LogP contribution in [0.4, 0.5) is 87.8 Å². The number of rotatable bonds is 6. The van der Waals surface area contributed by atoms with Crippen molar-refractivity contribution < 1.29 is 87.8 Å². The van der Waals surface area contributed by atoms with E-state index in [9.17, 15) is 87.8 Å². The lowest BCUT2D eigenvalue weighted by atomic mass is 10.0. The van der Waals surface area contributed by atoms with E-state index in [2.05, 4.69) is 0 Å². The molecule has 0 aliphatic carbocycles. The van der Waals surface area contributed by atoms with Crippen molar-refractivity contribution in [3.05, 3.63) is 58.2 Å². The molecule has 1 N–H and O–H groups in total. The maximum Gasteiger partial charge on any atom is 0.460 e. The molecular weight excluding hydrogens is 610 g/mol. The molecule has 0 saturated carbocycles. The van der Waals surface area contributed by atoms with Crippen molar-refractivity contribution in [1.82, 2.24) is 5.32 Å². The van der Waals surface area contributed by atoms with Gasteiger partial charge in [0.1, 0.15) is 6.67 Å². The van der Waals surface area contributed by atoms with E-state index in [1.54, 1.807) is 0 Å². The summed E-state index contributed by atoms with van der Waals surface area (Å²) >= 11 is 0. The van der Waals surface area contributed by atoms with Crippen molar-refractivity contribution in [1.29, 1.82) is 0 Å². The summed E-state index contributed by atoms with van der Waals surface area (Å²) in [5.41, 5.74) is -4.52. The Morgan fingerprint density at radius 1 is 0.410 bits per heavy atom. The molecule has 2 aromatic rings. The van der Waals surface area contributed by atoms with Crippen LogP contribution in [0, 0.1) is 58.2 Å². The first-order valence-corrected chi connectivity index (χ1v) is 8.96. The zero-order valence-corrected chi connectivity index (χ0v) is 17.5. The lowest BCUT2D eigenvalue weighted by Gasteiger charge is -2.33.